The van der Waals surface area contributed by atoms with Gasteiger partial charge in [-0.25, -0.2) is 4.39 Å². The van der Waals surface area contributed by atoms with Gasteiger partial charge >= 0.3 is 0 Å². The number of hydrogen-bond acceptors (Lipinski definition) is 5. The van der Waals surface area contributed by atoms with Gasteiger partial charge in [-0.1, -0.05) is 0 Å². The van der Waals surface area contributed by atoms with Gasteiger partial charge in [0.2, 0.25) is 11.8 Å². The van der Waals surface area contributed by atoms with Gasteiger partial charge in [-0.05, 0) is 18.2 Å². The van der Waals surface area contributed by atoms with E-state index >= 15 is 0 Å². The summed E-state index contributed by atoms with van der Waals surface area (Å²) in [6, 6.07) is 4.69. The van der Waals surface area contributed by atoms with Crippen LogP contribution in [0.2, 0.25) is 0 Å². The van der Waals surface area contributed by atoms with Crippen LogP contribution in [0.4, 0.5) is 10.1 Å². The first-order chi connectivity index (χ1) is 7.65. The van der Waals surface area contributed by atoms with Gasteiger partial charge in [-0.2, -0.15) is 0 Å². The van der Waals surface area contributed by atoms with E-state index in [1.807, 2.05) is 0 Å². The molecule has 0 aliphatic heterocycles. The van der Waals surface area contributed by atoms with Crippen LogP contribution in [0.5, 0.6) is 0 Å². The maximum absolute atomic E-state index is 13.1. The van der Waals surface area contributed by atoms with Crippen molar-refractivity contribution in [2.24, 2.45) is 0 Å². The van der Waals surface area contributed by atoms with Crippen molar-refractivity contribution in [2.45, 2.75) is 17.6 Å². The number of thioether (sulfide) groups is 1. The third kappa shape index (κ3) is 2.52. The second-order valence-electron chi connectivity index (χ2n) is 3.19. The Balaban J connectivity index is 2.02. The summed E-state index contributed by atoms with van der Waals surface area (Å²) < 4.78 is 18.3. The van der Waals surface area contributed by atoms with Crippen LogP contribution in [0.25, 0.3) is 0 Å². The molecule has 0 unspecified atom stereocenters. The molecule has 0 aliphatic rings. The molecule has 2 rings (SSSR count). The van der Waals surface area contributed by atoms with Crippen LogP contribution in [-0.2, 0) is 5.75 Å². The standard InChI is InChI=1S/C10H10FN3OS/c1-6-13-14-10(15-6)5-16-7-2-3-9(12)8(11)4-7/h2-4H,5,12H2,1H3. The van der Waals surface area contributed by atoms with Crippen molar-refractivity contribution in [2.75, 3.05) is 5.73 Å². The molecule has 0 spiro atoms. The summed E-state index contributed by atoms with van der Waals surface area (Å²) in [5.41, 5.74) is 5.53. The minimum atomic E-state index is -0.410. The third-order valence-electron chi connectivity index (χ3n) is 1.90. The van der Waals surface area contributed by atoms with Crippen LogP contribution in [0, 0.1) is 12.7 Å². The Bertz CT molecular complexity index is 501. The van der Waals surface area contributed by atoms with Crippen molar-refractivity contribution in [1.82, 2.24) is 10.2 Å². The van der Waals surface area contributed by atoms with Crippen LogP contribution < -0.4 is 5.73 Å². The number of benzene rings is 1. The summed E-state index contributed by atoms with van der Waals surface area (Å²) in [5, 5.41) is 7.55. The van der Waals surface area contributed by atoms with Crippen molar-refractivity contribution < 1.29 is 8.81 Å². The second-order valence-corrected chi connectivity index (χ2v) is 4.24. The Kier molecular flexibility index (Phi) is 3.09. The van der Waals surface area contributed by atoms with Crippen LogP contribution >= 0.6 is 11.8 Å². The number of anilines is 1. The predicted octanol–water partition coefficient (Wildman–Crippen LogP) is 2.39. The van der Waals surface area contributed by atoms with Gasteiger partial charge in [0.05, 0.1) is 11.4 Å². The SMILES string of the molecule is Cc1nnc(CSc2ccc(N)c(F)c2)o1. The topological polar surface area (TPSA) is 64.9 Å². The normalized spacial score (nSPS) is 10.6. The van der Waals surface area contributed by atoms with Gasteiger partial charge in [0.1, 0.15) is 5.82 Å². The number of nitrogen functional groups attached to an aromatic ring is 1. The van der Waals surface area contributed by atoms with E-state index in [0.29, 0.717) is 17.5 Å². The van der Waals surface area contributed by atoms with E-state index in [4.69, 9.17) is 10.2 Å². The molecule has 0 saturated carbocycles. The summed E-state index contributed by atoms with van der Waals surface area (Å²) in [6.45, 7) is 1.73. The lowest BCUT2D eigenvalue weighted by Gasteiger charge is -2.00. The van der Waals surface area contributed by atoms with E-state index in [-0.39, 0.29) is 5.69 Å². The summed E-state index contributed by atoms with van der Waals surface area (Å²) in [5.74, 6) is 1.16. The fourth-order valence-electron chi connectivity index (χ4n) is 1.14. The van der Waals surface area contributed by atoms with Gasteiger partial charge < -0.3 is 10.2 Å². The van der Waals surface area contributed by atoms with Gasteiger partial charge in [0.25, 0.3) is 0 Å². The number of nitrogens with two attached hydrogens (primary N) is 1. The fourth-order valence-corrected chi connectivity index (χ4v) is 1.90. The number of rotatable bonds is 3. The van der Waals surface area contributed by atoms with E-state index in [1.54, 1.807) is 13.0 Å². The van der Waals surface area contributed by atoms with Gasteiger partial charge in [0.15, 0.2) is 0 Å². The molecule has 0 atom stereocenters. The van der Waals surface area contributed by atoms with Gasteiger partial charge in [-0.3, -0.25) is 0 Å². The molecule has 84 valence electrons. The molecule has 1 aromatic carbocycles. The first kappa shape index (κ1) is 10.9. The number of aromatic nitrogens is 2. The van der Waals surface area contributed by atoms with Crippen LogP contribution in [0.1, 0.15) is 11.8 Å². The van der Waals surface area contributed by atoms with Crippen molar-refractivity contribution in [3.8, 4) is 0 Å². The summed E-state index contributed by atoms with van der Waals surface area (Å²) in [6.07, 6.45) is 0. The summed E-state index contributed by atoms with van der Waals surface area (Å²) in [7, 11) is 0. The van der Waals surface area contributed by atoms with Crippen LogP contribution in [0.3, 0.4) is 0 Å². The molecule has 6 heteroatoms. The highest BCUT2D eigenvalue weighted by Gasteiger charge is 2.05. The maximum Gasteiger partial charge on any atom is 0.226 e. The average molecular weight is 239 g/mol. The molecule has 0 bridgehead atoms. The molecule has 0 radical (unpaired) electrons. The summed E-state index contributed by atoms with van der Waals surface area (Å²) in [4.78, 5) is 0.780. The molecule has 0 aliphatic carbocycles. The first-order valence-corrected chi connectivity index (χ1v) is 5.60. The lowest BCUT2D eigenvalue weighted by molar-refractivity contribution is 0.485. The largest absolute Gasteiger partial charge is 0.425 e. The number of halogens is 1. The Morgan fingerprint density at radius 2 is 2.25 bits per heavy atom. The molecule has 0 fully saturated rings. The number of aryl methyl sites for hydroxylation is 1. The smallest absolute Gasteiger partial charge is 0.226 e. The third-order valence-corrected chi connectivity index (χ3v) is 2.88. The predicted molar refractivity (Wildman–Crippen MR) is 59.4 cm³/mol. The Labute approximate surface area is 96.0 Å². The molecule has 0 saturated heterocycles. The summed E-state index contributed by atoms with van der Waals surface area (Å²) >= 11 is 1.42. The Morgan fingerprint density at radius 1 is 1.44 bits per heavy atom. The van der Waals surface area contributed by atoms with Gasteiger partial charge in [-0.15, -0.1) is 22.0 Å². The van der Waals surface area contributed by atoms with E-state index in [2.05, 4.69) is 10.2 Å². The monoisotopic (exact) mass is 239 g/mol. The molecule has 0 amide bonds. The maximum atomic E-state index is 13.1. The molecule has 1 aromatic heterocycles. The quantitative estimate of drug-likeness (QED) is 0.658. The molecule has 16 heavy (non-hydrogen) atoms. The van der Waals surface area contributed by atoms with E-state index in [9.17, 15) is 4.39 Å². The van der Waals surface area contributed by atoms with E-state index in [1.165, 1.54) is 23.9 Å². The molecule has 2 aromatic rings. The molecule has 1 heterocycles. The highest BCUT2D eigenvalue weighted by Crippen LogP contribution is 2.24. The molecular formula is C10H10FN3OS. The van der Waals surface area contributed by atoms with Crippen molar-refractivity contribution in [3.63, 3.8) is 0 Å². The Hall–Kier alpha value is -1.56. The number of nitrogens with zero attached hydrogens (tertiary/aromatic N) is 2. The van der Waals surface area contributed by atoms with E-state index in [0.717, 1.165) is 4.90 Å². The van der Waals surface area contributed by atoms with Crippen molar-refractivity contribution >= 4 is 17.4 Å². The molecule has 2 N–H and O–H groups in total. The van der Waals surface area contributed by atoms with Crippen molar-refractivity contribution in [3.05, 3.63) is 35.8 Å². The minimum Gasteiger partial charge on any atom is -0.425 e. The lowest BCUT2D eigenvalue weighted by Crippen LogP contribution is -1.90. The zero-order valence-electron chi connectivity index (χ0n) is 8.61. The first-order valence-electron chi connectivity index (χ1n) is 4.62. The zero-order chi connectivity index (χ0) is 11.5. The van der Waals surface area contributed by atoms with E-state index < -0.39 is 5.82 Å². The molecule has 4 nitrogen and oxygen atoms in total. The highest BCUT2D eigenvalue weighted by molar-refractivity contribution is 7.98. The van der Waals surface area contributed by atoms with Crippen molar-refractivity contribution in [1.29, 1.82) is 0 Å². The van der Waals surface area contributed by atoms with Crippen LogP contribution in [-0.4, -0.2) is 10.2 Å². The zero-order valence-corrected chi connectivity index (χ0v) is 9.42. The average Bonchev–Trinajstić information content (AvgIpc) is 2.66. The fraction of sp³-hybridized carbons (Fsp3) is 0.200. The lowest BCUT2D eigenvalue weighted by atomic mass is 10.3. The highest BCUT2D eigenvalue weighted by atomic mass is 32.2. The second kappa shape index (κ2) is 4.52. The Morgan fingerprint density at radius 3 is 2.88 bits per heavy atom. The molecular weight excluding hydrogens is 229 g/mol. The van der Waals surface area contributed by atoms with Crippen LogP contribution in [0.15, 0.2) is 27.5 Å². The minimum absolute atomic E-state index is 0.151. The number of hydrogen-bond donors (Lipinski definition) is 1. The van der Waals surface area contributed by atoms with Gasteiger partial charge in [0, 0.05) is 11.8 Å².